The summed E-state index contributed by atoms with van der Waals surface area (Å²) in [5.41, 5.74) is -0.247. The quantitative estimate of drug-likeness (QED) is 0.338. The predicted octanol–water partition coefficient (Wildman–Crippen LogP) is 1.98. The van der Waals surface area contributed by atoms with Crippen molar-refractivity contribution in [2.45, 2.75) is 38.8 Å². The minimum Gasteiger partial charge on any atom is -0.404 e. The van der Waals surface area contributed by atoms with Crippen LogP contribution >= 0.6 is 7.82 Å². The smallest absolute Gasteiger partial charge is 0.404 e. The van der Waals surface area contributed by atoms with Crippen LogP contribution in [0.3, 0.4) is 0 Å². The zero-order chi connectivity index (χ0) is 19.6. The molecule has 1 aromatic rings. The van der Waals surface area contributed by atoms with E-state index in [-0.39, 0.29) is 23.8 Å². The molecule has 0 fully saturated rings. The lowest BCUT2D eigenvalue weighted by Crippen LogP contribution is -2.28. The van der Waals surface area contributed by atoms with Gasteiger partial charge in [0.1, 0.15) is 5.75 Å². The molecule has 4 N–H and O–H groups in total. The van der Waals surface area contributed by atoms with E-state index >= 15 is 0 Å². The molecule has 0 saturated carbocycles. The third-order valence-corrected chi connectivity index (χ3v) is 3.85. The molecule has 0 saturated heterocycles. The number of hydrogen-bond acceptors (Lipinski definition) is 4. The largest absolute Gasteiger partial charge is 0.524 e. The molecule has 0 radical (unpaired) electrons. The van der Waals surface area contributed by atoms with E-state index in [2.05, 4.69) is 15.2 Å². The Kier molecular flexibility index (Phi) is 9.26. The van der Waals surface area contributed by atoms with Crippen LogP contribution in [0.25, 0.3) is 0 Å². The van der Waals surface area contributed by atoms with Crippen molar-refractivity contribution in [1.82, 2.24) is 10.6 Å². The second-order valence-corrected chi connectivity index (χ2v) is 6.83. The van der Waals surface area contributed by atoms with Crippen LogP contribution in [0, 0.1) is 0 Å². The third kappa shape index (κ3) is 8.94. The van der Waals surface area contributed by atoms with Gasteiger partial charge in [-0.25, -0.2) is 8.96 Å². The summed E-state index contributed by atoms with van der Waals surface area (Å²) in [6.45, 7) is 2.33. The molecule has 2 amide bonds. The van der Waals surface area contributed by atoms with Gasteiger partial charge in [-0.2, -0.15) is 0 Å². The van der Waals surface area contributed by atoms with Crippen LogP contribution in [0.2, 0.25) is 0 Å². The highest BCUT2D eigenvalue weighted by Crippen LogP contribution is 2.41. The standard InChI is InChI=1S/C16H24FN2O6P/c1-12(20)18-10-6-2-3-7-11-19-16(21)15(17)13-8-4-5-9-14(13)25-26(22,23)24/h4-5,8-9,15H,2-3,6-7,10-11H2,1H3,(H,18,20)(H,19,21)(H2,22,23,24). The number of alkyl halides is 1. The molecule has 0 aromatic heterocycles. The Morgan fingerprint density at radius 3 is 2.27 bits per heavy atom. The van der Waals surface area contributed by atoms with Crippen molar-refractivity contribution in [2.24, 2.45) is 0 Å². The number of hydrogen-bond donors (Lipinski definition) is 4. The molecule has 0 spiro atoms. The highest BCUT2D eigenvalue weighted by molar-refractivity contribution is 7.46. The summed E-state index contributed by atoms with van der Waals surface area (Å²) in [6, 6.07) is 5.28. The van der Waals surface area contributed by atoms with Gasteiger partial charge < -0.3 is 15.2 Å². The maximum Gasteiger partial charge on any atom is 0.524 e. The minimum atomic E-state index is -4.86. The van der Waals surface area contributed by atoms with Gasteiger partial charge in [-0.3, -0.25) is 19.4 Å². The van der Waals surface area contributed by atoms with Crippen molar-refractivity contribution >= 4 is 19.6 Å². The van der Waals surface area contributed by atoms with Crippen molar-refractivity contribution in [3.8, 4) is 5.75 Å². The van der Waals surface area contributed by atoms with Gasteiger partial charge in [0.2, 0.25) is 12.1 Å². The fourth-order valence-corrected chi connectivity index (χ4v) is 2.63. The summed E-state index contributed by atoms with van der Waals surface area (Å²) in [6.07, 6.45) is 1.06. The van der Waals surface area contributed by atoms with E-state index in [1.807, 2.05) is 0 Å². The average Bonchev–Trinajstić information content (AvgIpc) is 2.55. The molecule has 1 aromatic carbocycles. The number of amides is 2. The first-order valence-corrected chi connectivity index (χ1v) is 9.74. The predicted molar refractivity (Wildman–Crippen MR) is 93.1 cm³/mol. The molecule has 0 bridgehead atoms. The Labute approximate surface area is 151 Å². The first-order valence-electron chi connectivity index (χ1n) is 8.21. The lowest BCUT2D eigenvalue weighted by atomic mass is 10.1. The van der Waals surface area contributed by atoms with Crippen molar-refractivity contribution in [2.75, 3.05) is 13.1 Å². The van der Waals surface area contributed by atoms with Crippen molar-refractivity contribution in [3.63, 3.8) is 0 Å². The number of benzene rings is 1. The Balaban J connectivity index is 2.39. The van der Waals surface area contributed by atoms with Crippen LogP contribution in [-0.2, 0) is 14.2 Å². The summed E-state index contributed by atoms with van der Waals surface area (Å²) >= 11 is 0. The van der Waals surface area contributed by atoms with E-state index in [1.165, 1.54) is 31.2 Å². The summed E-state index contributed by atoms with van der Waals surface area (Å²) < 4.78 is 29.7. The topological polar surface area (TPSA) is 125 Å². The number of carbonyl (C=O) groups is 2. The maximum absolute atomic E-state index is 14.3. The molecule has 1 unspecified atom stereocenters. The number of carbonyl (C=O) groups excluding carboxylic acids is 2. The van der Waals surface area contributed by atoms with Gasteiger partial charge in [0, 0.05) is 25.6 Å². The molecule has 0 aliphatic rings. The number of para-hydroxylation sites is 1. The molecular formula is C16H24FN2O6P. The summed E-state index contributed by atoms with van der Waals surface area (Å²) in [7, 11) is -4.86. The highest BCUT2D eigenvalue weighted by Gasteiger charge is 2.26. The maximum atomic E-state index is 14.3. The van der Waals surface area contributed by atoms with Crippen LogP contribution in [0.15, 0.2) is 24.3 Å². The van der Waals surface area contributed by atoms with Crippen LogP contribution in [0.5, 0.6) is 5.75 Å². The normalized spacial score (nSPS) is 12.3. The van der Waals surface area contributed by atoms with Gasteiger partial charge >= 0.3 is 7.82 Å². The van der Waals surface area contributed by atoms with Crippen molar-refractivity contribution in [3.05, 3.63) is 29.8 Å². The van der Waals surface area contributed by atoms with Gasteiger partial charge in [-0.05, 0) is 18.9 Å². The molecule has 8 nitrogen and oxygen atoms in total. The lowest BCUT2D eigenvalue weighted by Gasteiger charge is -2.14. The SMILES string of the molecule is CC(=O)NCCCCCCNC(=O)C(F)c1ccccc1OP(=O)(O)O. The number of rotatable bonds is 11. The van der Waals surface area contributed by atoms with Gasteiger partial charge in [0.15, 0.2) is 0 Å². The van der Waals surface area contributed by atoms with E-state index in [0.29, 0.717) is 13.0 Å². The second-order valence-electron chi connectivity index (χ2n) is 5.67. The number of halogens is 1. The van der Waals surface area contributed by atoms with Crippen molar-refractivity contribution in [1.29, 1.82) is 0 Å². The Morgan fingerprint density at radius 1 is 1.12 bits per heavy atom. The van der Waals surface area contributed by atoms with E-state index in [0.717, 1.165) is 19.3 Å². The number of phosphoric ester groups is 1. The Morgan fingerprint density at radius 2 is 1.69 bits per heavy atom. The number of phosphoric acid groups is 1. The van der Waals surface area contributed by atoms with Crippen LogP contribution in [0.1, 0.15) is 44.3 Å². The second kappa shape index (κ2) is 10.9. The monoisotopic (exact) mass is 390 g/mol. The summed E-state index contributed by atoms with van der Waals surface area (Å²) in [4.78, 5) is 40.3. The zero-order valence-electron chi connectivity index (χ0n) is 14.5. The number of nitrogens with one attached hydrogen (secondary N) is 2. The van der Waals surface area contributed by atoms with Gasteiger partial charge in [-0.1, -0.05) is 31.0 Å². The zero-order valence-corrected chi connectivity index (χ0v) is 15.4. The van der Waals surface area contributed by atoms with Gasteiger partial charge in [0.25, 0.3) is 5.91 Å². The van der Waals surface area contributed by atoms with Crippen molar-refractivity contribution < 1.29 is 32.9 Å². The van der Waals surface area contributed by atoms with E-state index in [4.69, 9.17) is 9.79 Å². The van der Waals surface area contributed by atoms with E-state index < -0.39 is 19.9 Å². The molecule has 146 valence electrons. The highest BCUT2D eigenvalue weighted by atomic mass is 31.2. The fraction of sp³-hybridized carbons (Fsp3) is 0.500. The fourth-order valence-electron chi connectivity index (χ4n) is 2.21. The van der Waals surface area contributed by atoms with E-state index in [9.17, 15) is 18.5 Å². The number of unbranched alkanes of at least 4 members (excludes halogenated alkanes) is 3. The minimum absolute atomic E-state index is 0.0748. The Hall–Kier alpha value is -1.96. The molecule has 0 aliphatic carbocycles. The van der Waals surface area contributed by atoms with Crippen LogP contribution in [0.4, 0.5) is 4.39 Å². The first-order chi connectivity index (χ1) is 12.2. The van der Waals surface area contributed by atoms with E-state index in [1.54, 1.807) is 0 Å². The molecular weight excluding hydrogens is 366 g/mol. The Bertz CT molecular complexity index is 651. The lowest BCUT2D eigenvalue weighted by molar-refractivity contribution is -0.126. The molecule has 1 rings (SSSR count). The first kappa shape index (κ1) is 22.1. The average molecular weight is 390 g/mol. The summed E-state index contributed by atoms with van der Waals surface area (Å²) in [5, 5.41) is 5.13. The van der Waals surface area contributed by atoms with Gasteiger partial charge in [-0.15, -0.1) is 0 Å². The molecule has 0 aliphatic heterocycles. The molecule has 1 atom stereocenters. The summed E-state index contributed by atoms with van der Waals surface area (Å²) in [5.74, 6) is -1.35. The molecule has 10 heteroatoms. The van der Waals surface area contributed by atoms with Crippen LogP contribution < -0.4 is 15.2 Å². The molecule has 26 heavy (non-hydrogen) atoms. The van der Waals surface area contributed by atoms with Gasteiger partial charge in [0.05, 0.1) is 0 Å². The van der Waals surface area contributed by atoms with Crippen LogP contribution in [-0.4, -0.2) is 34.7 Å². The molecule has 0 heterocycles. The third-order valence-electron chi connectivity index (χ3n) is 3.42.